The molecule has 2 aliphatic rings. The Balaban J connectivity index is 1.45. The third kappa shape index (κ3) is 5.35. The Labute approximate surface area is 160 Å². The summed E-state index contributed by atoms with van der Waals surface area (Å²) in [6.07, 6.45) is 1.22. The Morgan fingerprint density at radius 3 is 2.63 bits per heavy atom. The second-order valence-electron chi connectivity index (χ2n) is 8.12. The van der Waals surface area contributed by atoms with Gasteiger partial charge in [0, 0.05) is 31.7 Å². The van der Waals surface area contributed by atoms with Crippen molar-refractivity contribution in [1.29, 1.82) is 0 Å². The maximum Gasteiger partial charge on any atom is 0.407 e. The van der Waals surface area contributed by atoms with Crippen molar-refractivity contribution in [1.82, 2.24) is 10.2 Å². The van der Waals surface area contributed by atoms with Gasteiger partial charge < -0.3 is 24.6 Å². The largest absolute Gasteiger partial charge is 0.482 e. The molecule has 0 aliphatic carbocycles. The van der Waals surface area contributed by atoms with Crippen LogP contribution in [0.4, 0.5) is 10.5 Å². The molecule has 1 saturated heterocycles. The SMILES string of the molecule is CC(C)(C)NC(=O)OC1CCN(CCN2C(=O)COc3ccccc32)CC1. The first-order valence-corrected chi connectivity index (χ1v) is 9.55. The van der Waals surface area contributed by atoms with Crippen LogP contribution in [0, 0.1) is 0 Å². The summed E-state index contributed by atoms with van der Waals surface area (Å²) in [4.78, 5) is 28.2. The number of piperidine rings is 1. The third-order valence-corrected chi connectivity index (χ3v) is 4.73. The number of carbonyl (C=O) groups excluding carboxylic acids is 2. The van der Waals surface area contributed by atoms with Gasteiger partial charge in [0.05, 0.1) is 5.69 Å². The molecule has 7 heteroatoms. The molecule has 0 spiro atoms. The smallest absolute Gasteiger partial charge is 0.407 e. The number of anilines is 1. The van der Waals surface area contributed by atoms with E-state index in [0.29, 0.717) is 6.54 Å². The number of fused-ring (bicyclic) bond motifs is 1. The van der Waals surface area contributed by atoms with Crippen molar-refractivity contribution >= 4 is 17.7 Å². The van der Waals surface area contributed by atoms with Gasteiger partial charge in [0.1, 0.15) is 11.9 Å². The van der Waals surface area contributed by atoms with Crippen LogP contribution in [0.25, 0.3) is 0 Å². The zero-order valence-corrected chi connectivity index (χ0v) is 16.4. The lowest BCUT2D eigenvalue weighted by molar-refractivity contribution is -0.121. The summed E-state index contributed by atoms with van der Waals surface area (Å²) in [6.45, 7) is 9.03. The maximum absolute atomic E-state index is 12.2. The van der Waals surface area contributed by atoms with Crippen LogP contribution < -0.4 is 15.0 Å². The summed E-state index contributed by atoms with van der Waals surface area (Å²) in [7, 11) is 0. The number of hydrogen-bond donors (Lipinski definition) is 1. The van der Waals surface area contributed by atoms with Crippen molar-refractivity contribution in [2.24, 2.45) is 0 Å². The van der Waals surface area contributed by atoms with Crippen LogP contribution in [0.3, 0.4) is 0 Å². The Hall–Kier alpha value is -2.28. The molecule has 0 bridgehead atoms. The fourth-order valence-electron chi connectivity index (χ4n) is 3.38. The van der Waals surface area contributed by atoms with E-state index in [0.717, 1.165) is 43.9 Å². The number of amides is 2. The molecule has 0 aromatic heterocycles. The van der Waals surface area contributed by atoms with Crippen LogP contribution in [-0.4, -0.2) is 61.3 Å². The molecule has 2 amide bonds. The summed E-state index contributed by atoms with van der Waals surface area (Å²) in [6, 6.07) is 7.63. The molecule has 7 nitrogen and oxygen atoms in total. The van der Waals surface area contributed by atoms with Gasteiger partial charge >= 0.3 is 6.09 Å². The van der Waals surface area contributed by atoms with Crippen molar-refractivity contribution < 1.29 is 19.1 Å². The lowest BCUT2D eigenvalue weighted by Crippen LogP contribution is -2.47. The second kappa shape index (κ2) is 8.17. The molecule has 0 saturated carbocycles. The zero-order valence-electron chi connectivity index (χ0n) is 16.4. The minimum absolute atomic E-state index is 0.00855. The molecular weight excluding hydrogens is 346 g/mol. The Bertz CT molecular complexity index is 678. The maximum atomic E-state index is 12.2. The quantitative estimate of drug-likeness (QED) is 0.875. The normalized spacial score (nSPS) is 18.6. The molecule has 148 valence electrons. The van der Waals surface area contributed by atoms with Gasteiger partial charge in [-0.15, -0.1) is 0 Å². The van der Waals surface area contributed by atoms with Crippen molar-refractivity contribution in [2.45, 2.75) is 45.3 Å². The number of para-hydroxylation sites is 2. The van der Waals surface area contributed by atoms with Crippen molar-refractivity contribution in [2.75, 3.05) is 37.7 Å². The van der Waals surface area contributed by atoms with Gasteiger partial charge in [-0.2, -0.15) is 0 Å². The van der Waals surface area contributed by atoms with Gasteiger partial charge in [-0.25, -0.2) is 4.79 Å². The molecule has 0 radical (unpaired) electrons. The highest BCUT2D eigenvalue weighted by molar-refractivity contribution is 5.97. The van der Waals surface area contributed by atoms with E-state index in [4.69, 9.17) is 9.47 Å². The van der Waals surface area contributed by atoms with E-state index in [2.05, 4.69) is 10.2 Å². The van der Waals surface area contributed by atoms with Crippen LogP contribution in [0.1, 0.15) is 33.6 Å². The number of carbonyl (C=O) groups is 2. The van der Waals surface area contributed by atoms with Crippen LogP contribution in [0.5, 0.6) is 5.75 Å². The highest BCUT2D eigenvalue weighted by Gasteiger charge is 2.27. The van der Waals surface area contributed by atoms with E-state index >= 15 is 0 Å². The van der Waals surface area contributed by atoms with E-state index in [1.807, 2.05) is 45.0 Å². The summed E-state index contributed by atoms with van der Waals surface area (Å²) in [5.41, 5.74) is 0.546. The molecule has 27 heavy (non-hydrogen) atoms. The van der Waals surface area contributed by atoms with E-state index in [1.165, 1.54) is 0 Å². The molecule has 0 atom stereocenters. The number of alkyl carbamates (subject to hydrolysis) is 1. The predicted octanol–water partition coefficient (Wildman–Crippen LogP) is 2.40. The van der Waals surface area contributed by atoms with Crippen molar-refractivity contribution in [3.8, 4) is 5.75 Å². The molecule has 1 fully saturated rings. The lowest BCUT2D eigenvalue weighted by atomic mass is 10.1. The number of nitrogens with one attached hydrogen (secondary N) is 1. The van der Waals surface area contributed by atoms with Crippen LogP contribution in [0.15, 0.2) is 24.3 Å². The predicted molar refractivity (Wildman–Crippen MR) is 103 cm³/mol. The Morgan fingerprint density at radius 1 is 1.22 bits per heavy atom. The molecule has 2 aliphatic heterocycles. The summed E-state index contributed by atoms with van der Waals surface area (Å²) in [5, 5.41) is 2.83. The fraction of sp³-hybridized carbons (Fsp3) is 0.600. The summed E-state index contributed by atoms with van der Waals surface area (Å²) in [5.74, 6) is 0.750. The molecule has 1 aromatic carbocycles. The van der Waals surface area contributed by atoms with Gasteiger partial charge in [-0.1, -0.05) is 12.1 Å². The number of hydrogen-bond acceptors (Lipinski definition) is 5. The van der Waals surface area contributed by atoms with E-state index in [1.54, 1.807) is 4.90 Å². The lowest BCUT2D eigenvalue weighted by Gasteiger charge is -2.35. The minimum atomic E-state index is -0.350. The van der Waals surface area contributed by atoms with Gasteiger partial charge in [0.15, 0.2) is 6.61 Å². The van der Waals surface area contributed by atoms with Crippen LogP contribution in [0.2, 0.25) is 0 Å². The van der Waals surface area contributed by atoms with E-state index < -0.39 is 0 Å². The first-order valence-electron chi connectivity index (χ1n) is 9.55. The van der Waals surface area contributed by atoms with E-state index in [-0.39, 0.29) is 30.3 Å². The minimum Gasteiger partial charge on any atom is -0.482 e. The molecule has 1 N–H and O–H groups in total. The molecular formula is C20H29N3O4. The second-order valence-corrected chi connectivity index (χ2v) is 8.12. The highest BCUT2D eigenvalue weighted by atomic mass is 16.6. The number of rotatable bonds is 4. The Kier molecular flexibility index (Phi) is 5.89. The van der Waals surface area contributed by atoms with E-state index in [9.17, 15) is 9.59 Å². The zero-order chi connectivity index (χ0) is 19.4. The fourth-order valence-corrected chi connectivity index (χ4v) is 3.38. The molecule has 0 unspecified atom stereocenters. The monoisotopic (exact) mass is 375 g/mol. The average Bonchev–Trinajstić information content (AvgIpc) is 2.60. The first-order chi connectivity index (χ1) is 12.8. The van der Waals surface area contributed by atoms with Crippen LogP contribution in [-0.2, 0) is 9.53 Å². The molecule has 2 heterocycles. The van der Waals surface area contributed by atoms with Gasteiger partial charge in [0.2, 0.25) is 0 Å². The average molecular weight is 375 g/mol. The standard InChI is InChI=1S/C20H29N3O4/c1-20(2,3)21-19(25)27-15-8-10-22(11-9-15)12-13-23-16-6-4-5-7-17(16)26-14-18(23)24/h4-7,15H,8-14H2,1-3H3,(H,21,25). The highest BCUT2D eigenvalue weighted by Crippen LogP contribution is 2.31. The number of benzene rings is 1. The number of likely N-dealkylation sites (tertiary alicyclic amines) is 1. The van der Waals surface area contributed by atoms with Gasteiger partial charge in [-0.05, 0) is 45.7 Å². The number of nitrogens with zero attached hydrogens (tertiary/aromatic N) is 2. The van der Waals surface area contributed by atoms with Crippen molar-refractivity contribution in [3.05, 3.63) is 24.3 Å². The number of ether oxygens (including phenoxy) is 2. The summed E-state index contributed by atoms with van der Waals surface area (Å²) >= 11 is 0. The topological polar surface area (TPSA) is 71.1 Å². The third-order valence-electron chi connectivity index (χ3n) is 4.73. The first kappa shape index (κ1) is 19.5. The molecule has 1 aromatic rings. The Morgan fingerprint density at radius 2 is 1.93 bits per heavy atom. The van der Waals surface area contributed by atoms with Gasteiger partial charge in [0.25, 0.3) is 5.91 Å². The van der Waals surface area contributed by atoms with Gasteiger partial charge in [-0.3, -0.25) is 4.79 Å². The summed E-state index contributed by atoms with van der Waals surface area (Å²) < 4.78 is 11.0. The van der Waals surface area contributed by atoms with Crippen molar-refractivity contribution in [3.63, 3.8) is 0 Å². The van der Waals surface area contributed by atoms with Crippen LogP contribution >= 0.6 is 0 Å². The molecule has 3 rings (SSSR count).